The molecule has 3 aromatic rings. The number of amides is 2. The van der Waals surface area contributed by atoms with Crippen molar-refractivity contribution < 1.29 is 19.1 Å². The zero-order valence-corrected chi connectivity index (χ0v) is 18.5. The smallest absolute Gasteiger partial charge is 0.414 e. The minimum atomic E-state index is -0.410. The van der Waals surface area contributed by atoms with E-state index < -0.39 is 6.09 Å². The van der Waals surface area contributed by atoms with Gasteiger partial charge in [0, 0.05) is 30.8 Å². The Morgan fingerprint density at radius 1 is 1.06 bits per heavy atom. The van der Waals surface area contributed by atoms with Crippen LogP contribution in [0.5, 0.6) is 5.75 Å². The Morgan fingerprint density at radius 3 is 2.88 bits per heavy atom. The van der Waals surface area contributed by atoms with Crippen LogP contribution < -0.4 is 25.8 Å². The summed E-state index contributed by atoms with van der Waals surface area (Å²) in [7, 11) is 0. The molecule has 1 aromatic heterocycles. The van der Waals surface area contributed by atoms with E-state index in [4.69, 9.17) is 9.47 Å². The van der Waals surface area contributed by atoms with Crippen molar-refractivity contribution in [2.24, 2.45) is 0 Å². The van der Waals surface area contributed by atoms with E-state index in [9.17, 15) is 14.4 Å². The second-order valence-corrected chi connectivity index (χ2v) is 8.89. The molecule has 0 bridgehead atoms. The summed E-state index contributed by atoms with van der Waals surface area (Å²) in [6, 6.07) is 15.0. The first kappa shape index (κ1) is 20.7. The maximum atomic E-state index is 12.4. The summed E-state index contributed by atoms with van der Waals surface area (Å²) in [5.41, 5.74) is 3.52. The summed E-state index contributed by atoms with van der Waals surface area (Å²) in [5, 5.41) is 7.26. The number of aromatic nitrogens is 1. The van der Waals surface area contributed by atoms with Crippen molar-refractivity contribution in [3.8, 4) is 5.75 Å². The number of carbonyl (C=O) groups is 2. The van der Waals surface area contributed by atoms with Gasteiger partial charge in [0.2, 0.25) is 0 Å². The van der Waals surface area contributed by atoms with Gasteiger partial charge < -0.3 is 24.7 Å². The first-order chi connectivity index (χ1) is 16.6. The Labute approximate surface area is 195 Å². The third-order valence-corrected chi connectivity index (χ3v) is 6.71. The van der Waals surface area contributed by atoms with Gasteiger partial charge in [0.25, 0.3) is 11.5 Å². The van der Waals surface area contributed by atoms with E-state index in [0.29, 0.717) is 36.8 Å². The molecule has 3 aliphatic rings. The number of nitrogens with one attached hydrogen (secondary N) is 2. The molecule has 2 amide bonds. The lowest BCUT2D eigenvalue weighted by Crippen LogP contribution is -2.32. The topological polar surface area (TPSA) is 102 Å². The number of cyclic esters (lactones) is 1. The second-order valence-electron chi connectivity index (χ2n) is 8.89. The predicted molar refractivity (Wildman–Crippen MR) is 127 cm³/mol. The Morgan fingerprint density at radius 2 is 1.97 bits per heavy atom. The molecular formula is C25H24N4O5. The van der Waals surface area contributed by atoms with Crippen molar-refractivity contribution in [1.29, 1.82) is 0 Å². The van der Waals surface area contributed by atoms with Gasteiger partial charge in [-0.2, -0.15) is 0 Å². The lowest BCUT2D eigenvalue weighted by Gasteiger charge is -2.20. The zero-order valence-electron chi connectivity index (χ0n) is 18.5. The number of ether oxygens (including phenoxy) is 2. The van der Waals surface area contributed by atoms with Crippen molar-refractivity contribution in [2.75, 3.05) is 36.5 Å². The fourth-order valence-corrected chi connectivity index (χ4v) is 5.08. The molecule has 174 valence electrons. The number of hydrogen-bond donors (Lipinski definition) is 2. The van der Waals surface area contributed by atoms with Gasteiger partial charge in [-0.3, -0.25) is 14.5 Å². The van der Waals surface area contributed by atoms with Gasteiger partial charge in [0.05, 0.1) is 17.7 Å². The summed E-state index contributed by atoms with van der Waals surface area (Å²) in [5.74, 6) is 0.644. The minimum Gasteiger partial charge on any atom is -0.482 e. The van der Waals surface area contributed by atoms with Crippen LogP contribution in [0.15, 0.2) is 53.3 Å². The van der Waals surface area contributed by atoms with Crippen LogP contribution in [-0.2, 0) is 16.1 Å². The highest BCUT2D eigenvalue weighted by Gasteiger charge is 2.33. The molecule has 2 atom stereocenters. The van der Waals surface area contributed by atoms with Crippen LogP contribution in [0.4, 0.5) is 16.2 Å². The standard InChI is InChI=1S/C25H24N4O5/c30-22-14-33-21-6-5-17(10-20(21)27-22)28-13-18(34-25(28)32)11-26-9-8-16-12-29-23(31)7-4-15-2-1-3-19(16)24(15)29/h1-7,10,16,18,26H,8-9,11-14H2,(H,27,30)/t16?,18-/m1/s1. The molecule has 0 aliphatic carbocycles. The summed E-state index contributed by atoms with van der Waals surface area (Å²) >= 11 is 0. The first-order valence-electron chi connectivity index (χ1n) is 11.4. The summed E-state index contributed by atoms with van der Waals surface area (Å²) < 4.78 is 12.8. The lowest BCUT2D eigenvalue weighted by atomic mass is 9.97. The zero-order chi connectivity index (χ0) is 23.2. The highest BCUT2D eigenvalue weighted by Crippen LogP contribution is 2.35. The molecule has 1 fully saturated rings. The summed E-state index contributed by atoms with van der Waals surface area (Å²) in [6.45, 7) is 2.40. The Kier molecular flexibility index (Phi) is 4.99. The quantitative estimate of drug-likeness (QED) is 0.548. The molecule has 0 saturated carbocycles. The number of para-hydroxylation sites is 1. The number of pyridine rings is 1. The lowest BCUT2D eigenvalue weighted by molar-refractivity contribution is -0.118. The van der Waals surface area contributed by atoms with Crippen molar-refractivity contribution in [3.63, 3.8) is 0 Å². The fourth-order valence-electron chi connectivity index (χ4n) is 5.08. The number of anilines is 2. The van der Waals surface area contributed by atoms with Crippen molar-refractivity contribution in [2.45, 2.75) is 25.0 Å². The number of hydrogen-bond acceptors (Lipinski definition) is 6. The molecule has 2 N–H and O–H groups in total. The third kappa shape index (κ3) is 3.58. The molecule has 34 heavy (non-hydrogen) atoms. The van der Waals surface area contributed by atoms with Gasteiger partial charge in [0.15, 0.2) is 6.61 Å². The maximum absolute atomic E-state index is 12.4. The van der Waals surface area contributed by atoms with Gasteiger partial charge in [-0.1, -0.05) is 18.2 Å². The van der Waals surface area contributed by atoms with E-state index in [1.165, 1.54) is 5.56 Å². The SMILES string of the molecule is O=C1COc2ccc(N3C[C@@H](CNCCC4Cn5c(=O)ccc6cccc4c65)OC3=O)cc2N1. The highest BCUT2D eigenvalue weighted by molar-refractivity contribution is 5.97. The van der Waals surface area contributed by atoms with Gasteiger partial charge in [0.1, 0.15) is 11.9 Å². The van der Waals surface area contributed by atoms with Crippen LogP contribution in [0.25, 0.3) is 10.9 Å². The average Bonchev–Trinajstić information content (AvgIpc) is 3.40. The van der Waals surface area contributed by atoms with Gasteiger partial charge in [-0.15, -0.1) is 0 Å². The average molecular weight is 460 g/mol. The summed E-state index contributed by atoms with van der Waals surface area (Å²) in [4.78, 5) is 37.9. The molecule has 0 radical (unpaired) electrons. The Hall–Kier alpha value is -3.85. The van der Waals surface area contributed by atoms with Crippen molar-refractivity contribution in [3.05, 3.63) is 64.4 Å². The van der Waals surface area contributed by atoms with Crippen LogP contribution in [0.1, 0.15) is 17.9 Å². The van der Waals surface area contributed by atoms with Crippen molar-refractivity contribution in [1.82, 2.24) is 9.88 Å². The highest BCUT2D eigenvalue weighted by atomic mass is 16.6. The van der Waals surface area contributed by atoms with E-state index in [0.717, 1.165) is 23.9 Å². The number of carbonyl (C=O) groups excluding carboxylic acids is 2. The van der Waals surface area contributed by atoms with E-state index in [2.05, 4.69) is 16.7 Å². The van der Waals surface area contributed by atoms with Crippen molar-refractivity contribution >= 4 is 34.3 Å². The number of benzene rings is 2. The van der Waals surface area contributed by atoms with Gasteiger partial charge in [-0.05, 0) is 48.2 Å². The molecular weight excluding hydrogens is 436 g/mol. The molecule has 1 saturated heterocycles. The molecule has 9 nitrogen and oxygen atoms in total. The van der Waals surface area contributed by atoms with E-state index >= 15 is 0 Å². The molecule has 0 spiro atoms. The normalized spacial score (nSPS) is 20.8. The molecule has 4 heterocycles. The van der Waals surface area contributed by atoms with E-state index in [1.807, 2.05) is 22.8 Å². The van der Waals surface area contributed by atoms with Gasteiger partial charge in [-0.25, -0.2) is 4.79 Å². The van der Waals surface area contributed by atoms with Crippen LogP contribution in [-0.4, -0.2) is 48.9 Å². The monoisotopic (exact) mass is 460 g/mol. The van der Waals surface area contributed by atoms with E-state index in [-0.39, 0.29) is 30.1 Å². The van der Waals surface area contributed by atoms with E-state index in [1.54, 1.807) is 29.2 Å². The minimum absolute atomic E-state index is 0.00925. The first-order valence-corrected chi connectivity index (χ1v) is 11.4. The van der Waals surface area contributed by atoms with Crippen LogP contribution >= 0.6 is 0 Å². The van der Waals surface area contributed by atoms with Crippen LogP contribution in [0.3, 0.4) is 0 Å². The van der Waals surface area contributed by atoms with Crippen LogP contribution in [0, 0.1) is 0 Å². The van der Waals surface area contributed by atoms with Gasteiger partial charge >= 0.3 is 6.09 Å². The molecule has 2 aromatic carbocycles. The predicted octanol–water partition coefficient (Wildman–Crippen LogP) is 2.43. The Bertz CT molecular complexity index is 1370. The Balaban J connectivity index is 1.05. The third-order valence-electron chi connectivity index (χ3n) is 6.71. The van der Waals surface area contributed by atoms with Crippen LogP contribution in [0.2, 0.25) is 0 Å². The number of fused-ring (bicyclic) bond motifs is 1. The largest absolute Gasteiger partial charge is 0.482 e. The number of rotatable bonds is 6. The maximum Gasteiger partial charge on any atom is 0.414 e. The fraction of sp³-hybridized carbons (Fsp3) is 0.320. The molecule has 9 heteroatoms. The summed E-state index contributed by atoms with van der Waals surface area (Å²) in [6.07, 6.45) is 0.197. The second kappa shape index (κ2) is 8.18. The molecule has 3 aliphatic heterocycles. The molecule has 6 rings (SSSR count). The molecule has 1 unspecified atom stereocenters. The number of nitrogens with zero attached hydrogens (tertiary/aromatic N) is 2.